The molecule has 3 N–H and O–H groups in total. The maximum atomic E-state index is 13.1. The van der Waals surface area contributed by atoms with Crippen LogP contribution < -0.4 is 4.72 Å². The second-order valence-electron chi connectivity index (χ2n) is 7.31. The Balaban J connectivity index is 1.68. The van der Waals surface area contributed by atoms with Crippen LogP contribution in [0.2, 0.25) is 5.02 Å². The summed E-state index contributed by atoms with van der Waals surface area (Å²) in [6.07, 6.45) is 0. The van der Waals surface area contributed by atoms with Crippen molar-refractivity contribution in [3.63, 3.8) is 0 Å². The number of phenolic OH excluding ortho intramolecular Hbond substituents is 1. The van der Waals surface area contributed by atoms with E-state index in [1.165, 1.54) is 0 Å². The predicted molar refractivity (Wildman–Crippen MR) is 136 cm³/mol. The number of sulfonamides is 1. The van der Waals surface area contributed by atoms with Gasteiger partial charge < -0.3 is 10.2 Å². The topological polar surface area (TPSA) is 86.6 Å². The molecule has 0 aliphatic carbocycles. The van der Waals surface area contributed by atoms with E-state index >= 15 is 0 Å². The first-order valence-corrected chi connectivity index (χ1v) is 12.7. The molecule has 0 bridgehead atoms. The minimum atomic E-state index is -3.90. The summed E-state index contributed by atoms with van der Waals surface area (Å²) < 4.78 is 28.9. The highest BCUT2D eigenvalue weighted by molar-refractivity contribution is 7.99. The van der Waals surface area contributed by atoms with Gasteiger partial charge in [0.2, 0.25) is 0 Å². The highest BCUT2D eigenvalue weighted by atomic mass is 35.5. The van der Waals surface area contributed by atoms with Crippen molar-refractivity contribution in [3.05, 3.63) is 96.2 Å². The number of rotatable bonds is 7. The van der Waals surface area contributed by atoms with Crippen LogP contribution in [-0.2, 0) is 10.0 Å². The number of anilines is 1. The lowest BCUT2D eigenvalue weighted by Gasteiger charge is -2.15. The van der Waals surface area contributed by atoms with Crippen molar-refractivity contribution in [2.45, 2.75) is 9.79 Å². The van der Waals surface area contributed by atoms with Gasteiger partial charge in [0.1, 0.15) is 5.75 Å². The van der Waals surface area contributed by atoms with Gasteiger partial charge in [0.05, 0.1) is 27.0 Å². The van der Waals surface area contributed by atoms with Gasteiger partial charge in [0.15, 0.2) is 0 Å². The second-order valence-corrected chi connectivity index (χ2v) is 10.4. The summed E-state index contributed by atoms with van der Waals surface area (Å²) in [4.78, 5) is 0.537. The Morgan fingerprint density at radius 1 is 0.939 bits per heavy atom. The molecule has 5 nitrogen and oxygen atoms in total. The molecule has 4 rings (SSSR count). The monoisotopic (exact) mass is 497 g/mol. The zero-order chi connectivity index (χ0) is 23.6. The molecule has 33 heavy (non-hydrogen) atoms. The largest absolute Gasteiger partial charge is 0.512 e. The van der Waals surface area contributed by atoms with E-state index < -0.39 is 10.0 Å². The van der Waals surface area contributed by atoms with Gasteiger partial charge in [-0.25, -0.2) is 8.42 Å². The standard InChI is InChI=1S/C25H20ClNO4S2/c1-16(28)15-32-24-14-23(21-4-2-3-5-22(21)25(24)29)27-33(30,31)20-12-8-18(9-13-20)17-6-10-19(26)11-7-17/h2-14,27-29H,1,15H2. The zero-order valence-corrected chi connectivity index (χ0v) is 19.7. The molecular formula is C25H20ClNO4S2. The molecule has 0 unspecified atom stereocenters. The lowest BCUT2D eigenvalue weighted by molar-refractivity contribution is 0.420. The van der Waals surface area contributed by atoms with Crippen LogP contribution in [0.5, 0.6) is 5.75 Å². The summed E-state index contributed by atoms with van der Waals surface area (Å²) >= 11 is 7.10. The molecule has 0 saturated carbocycles. The van der Waals surface area contributed by atoms with Gasteiger partial charge in [-0.1, -0.05) is 66.7 Å². The van der Waals surface area contributed by atoms with Crippen LogP contribution in [0.3, 0.4) is 0 Å². The van der Waals surface area contributed by atoms with Gasteiger partial charge in [-0.2, -0.15) is 0 Å². The Bertz CT molecular complexity index is 1430. The van der Waals surface area contributed by atoms with Gasteiger partial charge in [-0.05, 0) is 41.5 Å². The quantitative estimate of drug-likeness (QED) is 0.148. The zero-order valence-electron chi connectivity index (χ0n) is 17.3. The minimum Gasteiger partial charge on any atom is -0.512 e. The molecule has 0 aliphatic heterocycles. The van der Waals surface area contributed by atoms with E-state index in [1.807, 2.05) is 12.1 Å². The molecule has 0 fully saturated rings. The molecule has 0 atom stereocenters. The van der Waals surface area contributed by atoms with Gasteiger partial charge in [-0.3, -0.25) is 4.72 Å². The summed E-state index contributed by atoms with van der Waals surface area (Å²) in [6, 6.07) is 22.4. The Hall–Kier alpha value is -3.13. The molecule has 0 saturated heterocycles. The van der Waals surface area contributed by atoms with Crippen LogP contribution in [0.15, 0.2) is 101 Å². The predicted octanol–water partition coefficient (Wildman–Crippen LogP) is 6.83. The molecular weight excluding hydrogens is 478 g/mol. The van der Waals surface area contributed by atoms with Crippen LogP contribution >= 0.6 is 23.4 Å². The minimum absolute atomic E-state index is 0.0205. The average Bonchev–Trinajstić information content (AvgIpc) is 2.80. The van der Waals surface area contributed by atoms with E-state index in [-0.39, 0.29) is 22.2 Å². The van der Waals surface area contributed by atoms with Gasteiger partial charge >= 0.3 is 0 Å². The molecule has 0 spiro atoms. The molecule has 0 heterocycles. The van der Waals surface area contributed by atoms with Crippen LogP contribution in [0, 0.1) is 0 Å². The number of hydrogen-bond acceptors (Lipinski definition) is 5. The normalized spacial score (nSPS) is 11.4. The van der Waals surface area contributed by atoms with Crippen molar-refractivity contribution in [1.29, 1.82) is 0 Å². The van der Waals surface area contributed by atoms with Gasteiger partial charge in [0, 0.05) is 15.8 Å². The average molecular weight is 498 g/mol. The number of thioether (sulfide) groups is 1. The number of phenols is 1. The molecule has 0 amide bonds. The number of benzene rings is 4. The maximum Gasteiger partial charge on any atom is 0.261 e. The summed E-state index contributed by atoms with van der Waals surface area (Å²) in [5.41, 5.74) is 2.12. The van der Waals surface area contributed by atoms with E-state index in [0.717, 1.165) is 22.9 Å². The summed E-state index contributed by atoms with van der Waals surface area (Å²) in [5.74, 6) is 0.145. The molecule has 8 heteroatoms. The highest BCUT2D eigenvalue weighted by Gasteiger charge is 2.19. The SMILES string of the molecule is C=C(O)CSc1cc(NS(=O)(=O)c2ccc(-c3ccc(Cl)cc3)cc2)c2ccccc2c1O. The third kappa shape index (κ3) is 5.11. The lowest BCUT2D eigenvalue weighted by atomic mass is 10.1. The number of aliphatic hydroxyl groups excluding tert-OH is 1. The first-order chi connectivity index (χ1) is 15.7. The number of aliphatic hydroxyl groups is 1. The van der Waals surface area contributed by atoms with Crippen molar-refractivity contribution >= 4 is 49.8 Å². The third-order valence-electron chi connectivity index (χ3n) is 4.96. The maximum absolute atomic E-state index is 13.1. The van der Waals surface area contributed by atoms with E-state index in [0.29, 0.717) is 26.4 Å². The number of halogens is 1. The van der Waals surface area contributed by atoms with Crippen LogP contribution in [0.4, 0.5) is 5.69 Å². The summed E-state index contributed by atoms with van der Waals surface area (Å²) in [6.45, 7) is 3.45. The van der Waals surface area contributed by atoms with Crippen molar-refractivity contribution in [2.24, 2.45) is 0 Å². The van der Waals surface area contributed by atoms with E-state index in [9.17, 15) is 18.6 Å². The Morgan fingerprint density at radius 2 is 1.52 bits per heavy atom. The fourth-order valence-corrected chi connectivity index (χ4v) is 5.33. The molecule has 4 aromatic rings. The smallest absolute Gasteiger partial charge is 0.261 e. The lowest BCUT2D eigenvalue weighted by Crippen LogP contribution is -2.13. The first-order valence-electron chi connectivity index (χ1n) is 9.88. The van der Waals surface area contributed by atoms with Crippen molar-refractivity contribution in [1.82, 2.24) is 0 Å². The second kappa shape index (κ2) is 9.39. The van der Waals surface area contributed by atoms with Crippen molar-refractivity contribution in [2.75, 3.05) is 10.5 Å². The van der Waals surface area contributed by atoms with Crippen LogP contribution in [0.25, 0.3) is 21.9 Å². The third-order valence-corrected chi connectivity index (χ3v) is 7.70. The molecule has 0 aromatic heterocycles. The van der Waals surface area contributed by atoms with E-state index in [1.54, 1.807) is 66.7 Å². The van der Waals surface area contributed by atoms with Crippen molar-refractivity contribution < 1.29 is 18.6 Å². The van der Waals surface area contributed by atoms with Crippen molar-refractivity contribution in [3.8, 4) is 16.9 Å². The molecule has 4 aromatic carbocycles. The molecule has 0 aliphatic rings. The van der Waals surface area contributed by atoms with E-state index in [4.69, 9.17) is 11.6 Å². The van der Waals surface area contributed by atoms with Crippen LogP contribution in [0.1, 0.15) is 0 Å². The molecule has 0 radical (unpaired) electrons. The highest BCUT2D eigenvalue weighted by Crippen LogP contribution is 2.40. The molecule has 168 valence electrons. The Kier molecular flexibility index (Phi) is 6.56. The van der Waals surface area contributed by atoms with Gasteiger partial charge in [0.25, 0.3) is 10.0 Å². The number of hydrogen-bond donors (Lipinski definition) is 3. The van der Waals surface area contributed by atoms with E-state index in [2.05, 4.69) is 11.3 Å². The number of nitrogens with one attached hydrogen (secondary N) is 1. The Labute approximate surface area is 201 Å². The van der Waals surface area contributed by atoms with Gasteiger partial charge in [-0.15, -0.1) is 11.8 Å². The number of aromatic hydroxyl groups is 1. The fourth-order valence-electron chi connectivity index (χ4n) is 3.36. The fraction of sp³-hybridized carbons (Fsp3) is 0.0400. The summed E-state index contributed by atoms with van der Waals surface area (Å²) in [7, 11) is -3.90. The van der Waals surface area contributed by atoms with Crippen LogP contribution in [-0.4, -0.2) is 24.4 Å². The Morgan fingerprint density at radius 3 is 2.12 bits per heavy atom. The first kappa shape index (κ1) is 23.0. The number of fused-ring (bicyclic) bond motifs is 1. The summed E-state index contributed by atoms with van der Waals surface area (Å²) in [5, 5.41) is 21.8.